The Morgan fingerprint density at radius 2 is 2.00 bits per heavy atom. The molecule has 5 nitrogen and oxygen atoms in total. The molecule has 0 saturated carbocycles. The van der Waals surface area contributed by atoms with Crippen molar-refractivity contribution in [3.63, 3.8) is 0 Å². The fourth-order valence-corrected chi connectivity index (χ4v) is 2.65. The van der Waals surface area contributed by atoms with Gasteiger partial charge in [-0.05, 0) is 29.2 Å². The van der Waals surface area contributed by atoms with Crippen molar-refractivity contribution in [2.24, 2.45) is 0 Å². The van der Waals surface area contributed by atoms with E-state index in [1.54, 1.807) is 7.05 Å². The first kappa shape index (κ1) is 14.3. The predicted octanol–water partition coefficient (Wildman–Crippen LogP) is 1.51. The number of fused-ring (bicyclic) bond motifs is 1. The summed E-state index contributed by atoms with van der Waals surface area (Å²) in [6.45, 7) is 7.08. The Kier molecular flexibility index (Phi) is 4.44. The van der Waals surface area contributed by atoms with E-state index in [4.69, 9.17) is 0 Å². The van der Waals surface area contributed by atoms with Crippen molar-refractivity contribution in [1.29, 1.82) is 0 Å². The minimum Gasteiger partial charge on any atom is -0.294 e. The maximum absolute atomic E-state index is 10.6. The molecule has 6 heteroatoms. The average Bonchev–Trinajstić information content (AvgIpc) is 2.67. The minimum absolute atomic E-state index is 0.747. The maximum Gasteiger partial charge on any atom is 0.277 e. The van der Waals surface area contributed by atoms with Gasteiger partial charge in [-0.25, -0.2) is 13.5 Å². The van der Waals surface area contributed by atoms with Crippen LogP contribution in [0.5, 0.6) is 0 Å². The Morgan fingerprint density at radius 1 is 1.32 bits per heavy atom. The van der Waals surface area contributed by atoms with Crippen molar-refractivity contribution in [1.82, 2.24) is 4.90 Å². The van der Waals surface area contributed by atoms with Crippen LogP contribution in [0.25, 0.3) is 0 Å². The molecule has 1 heterocycles. The first-order valence-corrected chi connectivity index (χ1v) is 7.24. The second kappa shape index (κ2) is 5.90. The van der Waals surface area contributed by atoms with Crippen molar-refractivity contribution < 1.29 is 12.7 Å². The largest absolute Gasteiger partial charge is 0.294 e. The van der Waals surface area contributed by atoms with Gasteiger partial charge >= 0.3 is 0 Å². The quantitative estimate of drug-likeness (QED) is 0.656. The molecule has 1 aliphatic rings. The number of hydrogen-bond donors (Lipinski definition) is 1. The third-order valence-electron chi connectivity index (χ3n) is 3.07. The summed E-state index contributed by atoms with van der Waals surface area (Å²) < 4.78 is 25.8. The second-order valence-corrected chi connectivity index (χ2v) is 5.72. The van der Waals surface area contributed by atoms with Gasteiger partial charge in [-0.15, -0.1) is 0 Å². The van der Waals surface area contributed by atoms with Crippen LogP contribution >= 0.6 is 0 Å². The highest BCUT2D eigenvalue weighted by atomic mass is 32.2. The second-order valence-electron chi connectivity index (χ2n) is 5.11. The lowest BCUT2D eigenvalue weighted by Crippen LogP contribution is -2.20. The predicted molar refractivity (Wildman–Crippen MR) is 74.9 cm³/mol. The van der Waals surface area contributed by atoms with Crippen LogP contribution in [0.15, 0.2) is 18.2 Å². The van der Waals surface area contributed by atoms with E-state index in [2.05, 4.69) is 23.0 Å². The highest BCUT2D eigenvalue weighted by molar-refractivity contribution is 7.67. The van der Waals surface area contributed by atoms with Gasteiger partial charge in [-0.3, -0.25) is 4.90 Å². The zero-order valence-corrected chi connectivity index (χ0v) is 12.3. The van der Waals surface area contributed by atoms with Crippen molar-refractivity contribution in [3.05, 3.63) is 35.2 Å². The summed E-state index contributed by atoms with van der Waals surface area (Å²) in [5.41, 5.74) is 3.28. The third kappa shape index (κ3) is 3.68. The highest BCUT2D eigenvalue weighted by Crippen LogP contribution is 2.27. The molecule has 0 amide bonds. The van der Waals surface area contributed by atoms with Crippen LogP contribution in [0.3, 0.4) is 0 Å². The van der Waals surface area contributed by atoms with Crippen LogP contribution in [0.2, 0.25) is 0 Å². The third-order valence-corrected chi connectivity index (χ3v) is 3.45. The number of hydroxylamine groups is 1. The van der Waals surface area contributed by atoms with Gasteiger partial charge in [0.05, 0.1) is 5.69 Å². The lowest BCUT2D eigenvalue weighted by molar-refractivity contribution is 0.296. The fraction of sp³-hybridized carbons (Fsp3) is 0.462. The van der Waals surface area contributed by atoms with E-state index in [0.717, 1.165) is 25.3 Å². The molecule has 1 aromatic carbocycles. The zero-order chi connectivity index (χ0) is 14.0. The first-order chi connectivity index (χ1) is 8.95. The van der Waals surface area contributed by atoms with Crippen LogP contribution in [0, 0.1) is 5.92 Å². The lowest BCUT2D eigenvalue weighted by atomic mass is 10.1. The normalized spacial score (nSPS) is 15.2. The molecule has 0 aliphatic carbocycles. The number of nitrogens with zero attached hydrogens (tertiary/aromatic N) is 2. The van der Waals surface area contributed by atoms with E-state index in [-0.39, 0.29) is 0 Å². The Hall–Kier alpha value is -1.11. The van der Waals surface area contributed by atoms with Crippen LogP contribution in [-0.4, -0.2) is 26.9 Å². The molecule has 0 bridgehead atoms. The smallest absolute Gasteiger partial charge is 0.277 e. The maximum atomic E-state index is 10.6. The SMILES string of the molecule is C[C](C)CN1Cc2ccc(N(C)O[SH](=O)=O)cc2C1. The number of benzene rings is 1. The van der Waals surface area contributed by atoms with E-state index < -0.39 is 11.0 Å². The van der Waals surface area contributed by atoms with Crippen LogP contribution in [0.4, 0.5) is 5.69 Å². The summed E-state index contributed by atoms with van der Waals surface area (Å²) in [5.74, 6) is 1.39. The van der Waals surface area contributed by atoms with Crippen molar-refractivity contribution in [3.8, 4) is 0 Å². The molecule has 0 aromatic heterocycles. The summed E-state index contributed by atoms with van der Waals surface area (Å²) in [5, 5.41) is 1.27. The molecule has 1 radical (unpaired) electrons. The highest BCUT2D eigenvalue weighted by Gasteiger charge is 2.20. The van der Waals surface area contributed by atoms with E-state index in [1.807, 2.05) is 18.2 Å². The van der Waals surface area contributed by atoms with Crippen LogP contribution < -0.4 is 5.06 Å². The number of thiol groups is 1. The Balaban J connectivity index is 2.10. The summed E-state index contributed by atoms with van der Waals surface area (Å²) in [7, 11) is -1.29. The van der Waals surface area contributed by atoms with E-state index >= 15 is 0 Å². The van der Waals surface area contributed by atoms with Gasteiger partial charge < -0.3 is 0 Å². The summed E-state index contributed by atoms with van der Waals surface area (Å²) in [6, 6.07) is 5.90. The summed E-state index contributed by atoms with van der Waals surface area (Å²) in [6.07, 6.45) is 0. The molecular weight excluding hydrogens is 264 g/mol. The molecule has 1 aromatic rings. The van der Waals surface area contributed by atoms with Crippen molar-refractivity contribution in [2.75, 3.05) is 18.7 Å². The number of hydrogen-bond acceptors (Lipinski definition) is 5. The Bertz CT molecular complexity index is 521. The van der Waals surface area contributed by atoms with Gasteiger partial charge in [0, 0.05) is 26.7 Å². The summed E-state index contributed by atoms with van der Waals surface area (Å²) >= 11 is 0. The van der Waals surface area contributed by atoms with Crippen molar-refractivity contribution in [2.45, 2.75) is 26.9 Å². The molecule has 0 unspecified atom stereocenters. The first-order valence-electron chi connectivity index (χ1n) is 6.15. The summed E-state index contributed by atoms with van der Waals surface area (Å²) in [4.78, 5) is 2.36. The average molecular weight is 283 g/mol. The molecular formula is C13H19N2O3S. The molecule has 2 rings (SSSR count). The molecule has 0 spiro atoms. The Labute approximate surface area is 115 Å². The van der Waals surface area contributed by atoms with E-state index in [9.17, 15) is 8.42 Å². The molecule has 0 atom stereocenters. The topological polar surface area (TPSA) is 49.9 Å². The van der Waals surface area contributed by atoms with E-state index in [0.29, 0.717) is 0 Å². The molecule has 1 aliphatic heterocycles. The molecule has 0 fully saturated rings. The Morgan fingerprint density at radius 3 is 2.63 bits per heavy atom. The van der Waals surface area contributed by atoms with Crippen LogP contribution in [-0.2, 0) is 28.4 Å². The molecule has 105 valence electrons. The zero-order valence-electron chi connectivity index (χ0n) is 11.4. The standard InChI is InChI=1S/C13H19N2O3S/c1-10(2)7-15-8-11-4-5-13(6-12(11)9-15)14(3)18-19(16)17/h4-6,19H,7-9H2,1-3H3. The monoisotopic (exact) mass is 283 g/mol. The van der Waals surface area contributed by atoms with Gasteiger partial charge in [0.2, 0.25) is 0 Å². The van der Waals surface area contributed by atoms with Gasteiger partial charge in [-0.2, -0.15) is 4.28 Å². The van der Waals surface area contributed by atoms with Crippen molar-refractivity contribution >= 4 is 16.7 Å². The van der Waals surface area contributed by atoms with Gasteiger partial charge in [0.15, 0.2) is 0 Å². The van der Waals surface area contributed by atoms with Gasteiger partial charge in [-0.1, -0.05) is 19.9 Å². The number of anilines is 1. The lowest BCUT2D eigenvalue weighted by Gasteiger charge is -2.16. The number of rotatable bonds is 5. The van der Waals surface area contributed by atoms with E-state index in [1.165, 1.54) is 22.1 Å². The van der Waals surface area contributed by atoms with Gasteiger partial charge in [0.25, 0.3) is 11.0 Å². The van der Waals surface area contributed by atoms with Crippen LogP contribution in [0.1, 0.15) is 25.0 Å². The minimum atomic E-state index is -2.88. The fourth-order valence-electron chi connectivity index (χ4n) is 2.35. The molecule has 0 N–H and O–H groups in total. The van der Waals surface area contributed by atoms with Gasteiger partial charge in [0.1, 0.15) is 0 Å². The molecule has 19 heavy (non-hydrogen) atoms. The molecule has 0 saturated heterocycles.